The van der Waals surface area contributed by atoms with Crippen LogP contribution >= 0.6 is 43.9 Å². The van der Waals surface area contributed by atoms with Crippen molar-refractivity contribution >= 4 is 66.0 Å². The fourth-order valence-electron chi connectivity index (χ4n) is 2.72. The second-order valence-electron chi connectivity index (χ2n) is 6.19. The van der Waals surface area contributed by atoms with E-state index in [9.17, 15) is 9.18 Å². The van der Waals surface area contributed by atoms with Gasteiger partial charge in [-0.1, -0.05) is 80.3 Å². The summed E-state index contributed by atoms with van der Waals surface area (Å²) in [6.45, 7) is 0. The minimum Gasteiger partial charge on any atom is -0.346 e. The van der Waals surface area contributed by atoms with Gasteiger partial charge in [-0.15, -0.1) is 0 Å². The summed E-state index contributed by atoms with van der Waals surface area (Å²) in [6.07, 6.45) is 0. The summed E-state index contributed by atoms with van der Waals surface area (Å²) in [6, 6.07) is 21.1. The first-order valence-electron chi connectivity index (χ1n) is 8.77. The topological polar surface area (TPSA) is 41.5 Å². The molecular formula is C22H13Cl2FN2OS2. The third-order valence-corrected chi connectivity index (χ3v) is 6.98. The maximum Gasteiger partial charge on any atom is 0.200 e. The predicted molar refractivity (Wildman–Crippen MR) is 123 cm³/mol. The Morgan fingerprint density at radius 2 is 1.57 bits per heavy atom. The van der Waals surface area contributed by atoms with Crippen LogP contribution in [0.4, 0.5) is 20.8 Å². The maximum atomic E-state index is 14.1. The predicted octanol–water partition coefficient (Wildman–Crippen LogP) is 7.46. The Morgan fingerprint density at radius 3 is 2.27 bits per heavy atom. The molecule has 0 atom stereocenters. The van der Waals surface area contributed by atoms with Crippen LogP contribution in [-0.4, -0.2) is 5.78 Å². The van der Waals surface area contributed by atoms with E-state index in [1.54, 1.807) is 0 Å². The quantitative estimate of drug-likeness (QED) is 0.185. The molecule has 0 spiro atoms. The van der Waals surface area contributed by atoms with Crippen molar-refractivity contribution in [3.8, 4) is 0 Å². The molecule has 8 heteroatoms. The first-order chi connectivity index (χ1) is 14.5. The molecule has 0 aliphatic rings. The second kappa shape index (κ2) is 9.10. The van der Waals surface area contributed by atoms with Crippen molar-refractivity contribution in [3.05, 3.63) is 104 Å². The Balaban J connectivity index is 1.87. The summed E-state index contributed by atoms with van der Waals surface area (Å²) < 4.78 is 14.6. The van der Waals surface area contributed by atoms with Crippen LogP contribution < -0.4 is 9.99 Å². The average molecular weight is 475 g/mol. The molecule has 4 aromatic rings. The van der Waals surface area contributed by atoms with E-state index in [-0.39, 0.29) is 15.6 Å². The number of benzene rings is 3. The minimum absolute atomic E-state index is 0.0322. The van der Waals surface area contributed by atoms with Gasteiger partial charge in [-0.25, -0.2) is 9.38 Å². The van der Waals surface area contributed by atoms with Gasteiger partial charge < -0.3 is 5.32 Å². The molecule has 0 unspecified atom stereocenters. The standard InChI is InChI=1S/C22H13Cl2FN2OS2/c23-16-12-17(24)18(25)11-15(16)20(28)19-21(26-13-7-3-1-4-8-13)29-30-22(19)27-14-9-5-2-6-10-14/h1-12,26H. The highest BCUT2D eigenvalue weighted by atomic mass is 35.5. The van der Waals surface area contributed by atoms with Crippen molar-refractivity contribution in [3.63, 3.8) is 0 Å². The Kier molecular flexibility index (Phi) is 6.29. The van der Waals surface area contributed by atoms with E-state index in [1.807, 2.05) is 60.7 Å². The molecule has 0 aliphatic heterocycles. The molecule has 3 nitrogen and oxygen atoms in total. The van der Waals surface area contributed by atoms with E-state index < -0.39 is 11.6 Å². The molecule has 0 bridgehead atoms. The van der Waals surface area contributed by atoms with Crippen LogP contribution in [0.15, 0.2) is 77.8 Å². The number of nitrogens with zero attached hydrogens (tertiary/aromatic N) is 1. The zero-order valence-corrected chi connectivity index (χ0v) is 18.4. The number of halogens is 3. The van der Waals surface area contributed by atoms with Crippen molar-refractivity contribution in [2.24, 2.45) is 4.99 Å². The summed E-state index contributed by atoms with van der Waals surface area (Å²) in [4.78, 5) is 18.1. The molecule has 1 aromatic heterocycles. The van der Waals surface area contributed by atoms with Crippen LogP contribution in [0.1, 0.15) is 15.9 Å². The van der Waals surface area contributed by atoms with Gasteiger partial charge in [-0.3, -0.25) is 4.79 Å². The van der Waals surface area contributed by atoms with Crippen molar-refractivity contribution in [1.29, 1.82) is 0 Å². The fraction of sp³-hybridized carbons (Fsp3) is 0. The number of nitrogens with one attached hydrogen (secondary N) is 1. The van der Waals surface area contributed by atoms with E-state index in [2.05, 4.69) is 10.3 Å². The molecule has 30 heavy (non-hydrogen) atoms. The molecule has 0 saturated heterocycles. The molecule has 150 valence electrons. The van der Waals surface area contributed by atoms with Crippen LogP contribution in [0, 0.1) is 5.82 Å². The molecule has 1 N–H and O–H groups in total. The van der Waals surface area contributed by atoms with Crippen LogP contribution in [0.25, 0.3) is 0 Å². The summed E-state index contributed by atoms with van der Waals surface area (Å²) >= 11 is 12.0. The molecule has 3 aromatic carbocycles. The molecule has 0 aliphatic carbocycles. The third-order valence-electron chi connectivity index (χ3n) is 4.15. The van der Waals surface area contributed by atoms with Crippen LogP contribution in [0.2, 0.25) is 10.0 Å². The number of ketones is 1. The zero-order chi connectivity index (χ0) is 21.1. The van der Waals surface area contributed by atoms with Gasteiger partial charge in [-0.05, 0) is 36.4 Å². The number of hydrogen-bond donors (Lipinski definition) is 1. The number of carbonyl (C=O) groups is 1. The van der Waals surface area contributed by atoms with Crippen molar-refractivity contribution in [2.75, 3.05) is 5.32 Å². The van der Waals surface area contributed by atoms with Crippen molar-refractivity contribution in [1.82, 2.24) is 0 Å². The smallest absolute Gasteiger partial charge is 0.200 e. The van der Waals surface area contributed by atoms with E-state index in [0.717, 1.165) is 11.8 Å². The SMILES string of the molecule is O=C(c1cc(F)c(Cl)cc1Cl)c1c(Nc2ccccc2)ssc1=Nc1ccccc1. The van der Waals surface area contributed by atoms with Gasteiger partial charge in [0, 0.05) is 11.3 Å². The number of rotatable bonds is 5. The number of para-hydroxylation sites is 2. The third kappa shape index (κ3) is 4.47. The molecule has 1 heterocycles. The Bertz CT molecular complexity index is 1270. The lowest BCUT2D eigenvalue weighted by molar-refractivity contribution is 0.103. The van der Waals surface area contributed by atoms with Gasteiger partial charge in [-0.2, -0.15) is 0 Å². The van der Waals surface area contributed by atoms with Crippen LogP contribution in [-0.2, 0) is 0 Å². The first-order valence-corrected chi connectivity index (χ1v) is 11.7. The Hall–Kier alpha value is -2.51. The molecule has 0 fully saturated rings. The number of hydrogen-bond acceptors (Lipinski definition) is 5. The molecule has 4 rings (SSSR count). The molecule has 0 saturated carbocycles. The van der Waals surface area contributed by atoms with Gasteiger partial charge in [0.05, 0.1) is 21.3 Å². The lowest BCUT2D eigenvalue weighted by Crippen LogP contribution is -2.14. The van der Waals surface area contributed by atoms with Gasteiger partial charge in [0.15, 0.2) is 0 Å². The van der Waals surface area contributed by atoms with Gasteiger partial charge in [0.2, 0.25) is 5.78 Å². The highest BCUT2D eigenvalue weighted by Gasteiger charge is 2.23. The highest BCUT2D eigenvalue weighted by Crippen LogP contribution is 2.32. The maximum absolute atomic E-state index is 14.1. The van der Waals surface area contributed by atoms with Gasteiger partial charge >= 0.3 is 0 Å². The van der Waals surface area contributed by atoms with Crippen molar-refractivity contribution < 1.29 is 9.18 Å². The lowest BCUT2D eigenvalue weighted by atomic mass is 10.1. The van der Waals surface area contributed by atoms with E-state index in [1.165, 1.54) is 26.7 Å². The summed E-state index contributed by atoms with van der Waals surface area (Å²) in [5.41, 5.74) is 1.90. The van der Waals surface area contributed by atoms with Crippen LogP contribution in [0.5, 0.6) is 0 Å². The Labute approximate surface area is 189 Å². The second-order valence-corrected chi connectivity index (χ2v) is 9.13. The highest BCUT2D eigenvalue weighted by molar-refractivity contribution is 7.70. The molecule has 0 amide bonds. The number of carbonyl (C=O) groups excluding carboxylic acids is 1. The van der Waals surface area contributed by atoms with Crippen molar-refractivity contribution in [2.45, 2.75) is 0 Å². The van der Waals surface area contributed by atoms with Gasteiger partial charge in [0.25, 0.3) is 0 Å². The largest absolute Gasteiger partial charge is 0.346 e. The van der Waals surface area contributed by atoms with E-state index in [4.69, 9.17) is 23.2 Å². The van der Waals surface area contributed by atoms with Crippen LogP contribution in [0.3, 0.4) is 0 Å². The van der Waals surface area contributed by atoms with E-state index >= 15 is 0 Å². The summed E-state index contributed by atoms with van der Waals surface area (Å²) in [5.74, 6) is -1.14. The normalized spacial score (nSPS) is 11.5. The fourth-order valence-corrected chi connectivity index (χ4v) is 5.50. The summed E-state index contributed by atoms with van der Waals surface area (Å²) in [7, 11) is 2.73. The van der Waals surface area contributed by atoms with Gasteiger partial charge in [0.1, 0.15) is 15.5 Å². The summed E-state index contributed by atoms with van der Waals surface area (Å²) in [5, 5.41) is 3.81. The molecular weight excluding hydrogens is 462 g/mol. The monoisotopic (exact) mass is 474 g/mol. The van der Waals surface area contributed by atoms with E-state index in [0.29, 0.717) is 20.9 Å². The first kappa shape index (κ1) is 20.8. The number of anilines is 2. The average Bonchev–Trinajstić information content (AvgIpc) is 3.13. The zero-order valence-electron chi connectivity index (χ0n) is 15.2. The lowest BCUT2D eigenvalue weighted by Gasteiger charge is -2.08. The minimum atomic E-state index is -0.706. The molecule has 0 radical (unpaired) electrons. The Morgan fingerprint density at radius 1 is 0.900 bits per heavy atom.